The number of ether oxygens (including phenoxy) is 3. The molecule has 1 unspecified atom stereocenters. The number of amides is 1. The number of hydrogen-bond acceptors (Lipinski definition) is 5. The highest BCUT2D eigenvalue weighted by Gasteiger charge is 2.29. The molecule has 28 heavy (non-hydrogen) atoms. The molecule has 0 aromatic heterocycles. The molecule has 1 aliphatic rings. The van der Waals surface area contributed by atoms with Gasteiger partial charge in [0.15, 0.2) is 0 Å². The predicted octanol–water partition coefficient (Wildman–Crippen LogP) is 2.99. The van der Waals surface area contributed by atoms with Gasteiger partial charge in [0.2, 0.25) is 6.23 Å². The molecule has 2 aromatic rings. The molecule has 0 aliphatic heterocycles. The lowest BCUT2D eigenvalue weighted by Gasteiger charge is -2.17. The lowest BCUT2D eigenvalue weighted by Crippen LogP contribution is -2.43. The van der Waals surface area contributed by atoms with Gasteiger partial charge in [0.1, 0.15) is 6.61 Å². The Hall–Kier alpha value is -2.90. The van der Waals surface area contributed by atoms with Crippen molar-refractivity contribution in [1.29, 1.82) is 0 Å². The molecule has 0 saturated heterocycles. The summed E-state index contributed by atoms with van der Waals surface area (Å²) >= 11 is 0. The van der Waals surface area contributed by atoms with Gasteiger partial charge in [0.05, 0.1) is 13.2 Å². The van der Waals surface area contributed by atoms with Crippen LogP contribution in [0.1, 0.15) is 24.0 Å². The quantitative estimate of drug-likeness (QED) is 0.509. The molecule has 1 aliphatic carbocycles. The summed E-state index contributed by atoms with van der Waals surface area (Å²) in [6.45, 7) is 2.72. The average Bonchev–Trinajstić information content (AvgIpc) is 3.02. The first-order chi connectivity index (χ1) is 13.6. The number of rotatable bonds is 9. The monoisotopic (exact) mass is 385 g/mol. The molecule has 0 fully saturated rings. The van der Waals surface area contributed by atoms with Crippen LogP contribution in [-0.4, -0.2) is 49.8 Å². The van der Waals surface area contributed by atoms with E-state index in [1.54, 1.807) is 0 Å². The van der Waals surface area contributed by atoms with Gasteiger partial charge in [-0.2, -0.15) is 0 Å². The van der Waals surface area contributed by atoms with Gasteiger partial charge in [0, 0.05) is 12.5 Å². The Labute approximate surface area is 163 Å². The molecule has 2 N–H and O–H groups in total. The van der Waals surface area contributed by atoms with Crippen LogP contribution < -0.4 is 5.32 Å². The molecular formula is C21H23NO6. The SMILES string of the molecule is CCOCCOC(NC(=O)OCC1c2ccccc2-c2ccccc21)C(=O)O. The second kappa shape index (κ2) is 9.34. The Bertz CT molecular complexity index is 792. The van der Waals surface area contributed by atoms with Crippen LogP contribution in [-0.2, 0) is 19.0 Å². The fourth-order valence-corrected chi connectivity index (χ4v) is 3.29. The van der Waals surface area contributed by atoms with Gasteiger partial charge in [-0.1, -0.05) is 48.5 Å². The normalized spacial score (nSPS) is 13.5. The van der Waals surface area contributed by atoms with Crippen molar-refractivity contribution in [2.75, 3.05) is 26.4 Å². The van der Waals surface area contributed by atoms with Crippen LogP contribution in [0.15, 0.2) is 48.5 Å². The van der Waals surface area contributed by atoms with E-state index in [4.69, 9.17) is 14.2 Å². The maximum Gasteiger partial charge on any atom is 0.409 e. The van der Waals surface area contributed by atoms with Crippen molar-refractivity contribution in [3.63, 3.8) is 0 Å². The van der Waals surface area contributed by atoms with Crippen molar-refractivity contribution in [3.05, 3.63) is 59.7 Å². The molecule has 0 saturated carbocycles. The summed E-state index contributed by atoms with van der Waals surface area (Å²) in [7, 11) is 0. The zero-order valence-electron chi connectivity index (χ0n) is 15.6. The zero-order valence-corrected chi connectivity index (χ0v) is 15.6. The topological polar surface area (TPSA) is 94.1 Å². The van der Waals surface area contributed by atoms with Crippen molar-refractivity contribution in [2.24, 2.45) is 0 Å². The van der Waals surface area contributed by atoms with E-state index in [1.807, 2.05) is 55.5 Å². The number of carbonyl (C=O) groups is 2. The first kappa shape index (κ1) is 19.9. The third kappa shape index (κ3) is 4.49. The third-order valence-corrected chi connectivity index (χ3v) is 4.53. The lowest BCUT2D eigenvalue weighted by molar-refractivity contribution is -0.153. The fraction of sp³-hybridized carbons (Fsp3) is 0.333. The Kier molecular flexibility index (Phi) is 6.62. The molecule has 0 bridgehead atoms. The molecule has 0 spiro atoms. The smallest absolute Gasteiger partial charge is 0.409 e. The van der Waals surface area contributed by atoms with Crippen LogP contribution in [0.3, 0.4) is 0 Å². The van der Waals surface area contributed by atoms with E-state index in [2.05, 4.69) is 5.32 Å². The van der Waals surface area contributed by atoms with E-state index in [1.165, 1.54) is 0 Å². The van der Waals surface area contributed by atoms with Gasteiger partial charge in [-0.15, -0.1) is 0 Å². The predicted molar refractivity (Wildman–Crippen MR) is 102 cm³/mol. The fourth-order valence-electron chi connectivity index (χ4n) is 3.29. The van der Waals surface area contributed by atoms with Crippen molar-refractivity contribution < 1.29 is 28.9 Å². The number of aliphatic carboxylic acids is 1. The Morgan fingerprint density at radius 1 is 1.04 bits per heavy atom. The Balaban J connectivity index is 1.60. The van der Waals surface area contributed by atoms with Crippen LogP contribution in [0, 0.1) is 0 Å². The second-order valence-corrected chi connectivity index (χ2v) is 6.26. The van der Waals surface area contributed by atoms with Gasteiger partial charge in [-0.3, -0.25) is 5.32 Å². The van der Waals surface area contributed by atoms with Crippen LogP contribution in [0.2, 0.25) is 0 Å². The number of carboxylic acids is 1. The van der Waals surface area contributed by atoms with E-state index < -0.39 is 18.3 Å². The second-order valence-electron chi connectivity index (χ2n) is 6.26. The molecule has 0 radical (unpaired) electrons. The standard InChI is InChI=1S/C21H23NO6/c1-2-26-11-12-27-19(20(23)24)22-21(25)28-13-18-16-9-5-3-7-14(16)15-8-4-6-10-17(15)18/h3-10,18-19H,2,11-13H2,1H3,(H,22,25)(H,23,24). The lowest BCUT2D eigenvalue weighted by atomic mass is 9.98. The van der Waals surface area contributed by atoms with E-state index in [-0.39, 0.29) is 25.7 Å². The Morgan fingerprint density at radius 3 is 2.21 bits per heavy atom. The summed E-state index contributed by atoms with van der Waals surface area (Å²) in [6.07, 6.45) is -2.33. The zero-order chi connectivity index (χ0) is 19.9. The minimum absolute atomic E-state index is 0.0501. The molecule has 1 atom stereocenters. The van der Waals surface area contributed by atoms with Crippen LogP contribution in [0.5, 0.6) is 0 Å². The highest BCUT2D eigenvalue weighted by molar-refractivity contribution is 5.80. The molecule has 2 aromatic carbocycles. The minimum Gasteiger partial charge on any atom is -0.478 e. The van der Waals surface area contributed by atoms with Crippen LogP contribution in [0.25, 0.3) is 11.1 Å². The first-order valence-corrected chi connectivity index (χ1v) is 9.15. The van der Waals surface area contributed by atoms with Gasteiger partial charge in [0.25, 0.3) is 0 Å². The molecule has 1 amide bonds. The number of fused-ring (bicyclic) bond motifs is 3. The maximum atomic E-state index is 12.1. The number of nitrogens with one attached hydrogen (secondary N) is 1. The number of carboxylic acid groups (broad SMARTS) is 1. The molecule has 7 heteroatoms. The van der Waals surface area contributed by atoms with Gasteiger partial charge in [-0.25, -0.2) is 9.59 Å². The summed E-state index contributed by atoms with van der Waals surface area (Å²) in [4.78, 5) is 23.4. The average molecular weight is 385 g/mol. The first-order valence-electron chi connectivity index (χ1n) is 9.15. The highest BCUT2D eigenvalue weighted by atomic mass is 16.6. The number of alkyl carbamates (subject to hydrolysis) is 1. The van der Waals surface area contributed by atoms with E-state index in [0.29, 0.717) is 6.61 Å². The van der Waals surface area contributed by atoms with E-state index in [0.717, 1.165) is 22.3 Å². The van der Waals surface area contributed by atoms with Crippen molar-refractivity contribution in [3.8, 4) is 11.1 Å². The third-order valence-electron chi connectivity index (χ3n) is 4.53. The van der Waals surface area contributed by atoms with E-state index in [9.17, 15) is 14.7 Å². The molecule has 3 rings (SSSR count). The number of benzene rings is 2. The van der Waals surface area contributed by atoms with E-state index >= 15 is 0 Å². The maximum absolute atomic E-state index is 12.1. The molecule has 7 nitrogen and oxygen atoms in total. The summed E-state index contributed by atoms with van der Waals surface area (Å²) in [6, 6.07) is 16.0. The van der Waals surface area contributed by atoms with Gasteiger partial charge in [-0.05, 0) is 29.2 Å². The Morgan fingerprint density at radius 2 is 1.64 bits per heavy atom. The molecule has 0 heterocycles. The van der Waals surface area contributed by atoms with Crippen molar-refractivity contribution in [2.45, 2.75) is 19.1 Å². The van der Waals surface area contributed by atoms with Gasteiger partial charge < -0.3 is 19.3 Å². The highest BCUT2D eigenvalue weighted by Crippen LogP contribution is 2.44. The number of hydrogen-bond donors (Lipinski definition) is 2. The molecule has 148 valence electrons. The summed E-state index contributed by atoms with van der Waals surface area (Å²) < 4.78 is 15.5. The van der Waals surface area contributed by atoms with Crippen LogP contribution in [0.4, 0.5) is 4.79 Å². The summed E-state index contributed by atoms with van der Waals surface area (Å²) in [5.41, 5.74) is 4.41. The summed E-state index contributed by atoms with van der Waals surface area (Å²) in [5, 5.41) is 11.4. The number of carbonyl (C=O) groups excluding carboxylic acids is 1. The minimum atomic E-state index is -1.49. The van der Waals surface area contributed by atoms with Crippen molar-refractivity contribution >= 4 is 12.1 Å². The van der Waals surface area contributed by atoms with Gasteiger partial charge >= 0.3 is 12.1 Å². The summed E-state index contributed by atoms with van der Waals surface area (Å²) in [5.74, 6) is -1.40. The van der Waals surface area contributed by atoms with Crippen molar-refractivity contribution in [1.82, 2.24) is 5.32 Å². The largest absolute Gasteiger partial charge is 0.478 e. The van der Waals surface area contributed by atoms with Crippen LogP contribution >= 0.6 is 0 Å². The molecular weight excluding hydrogens is 362 g/mol.